The highest BCUT2D eigenvalue weighted by atomic mass is 32.2. The van der Waals surface area contributed by atoms with Crippen molar-refractivity contribution in [1.82, 2.24) is 9.78 Å². The molecule has 2 aromatic heterocycles. The third-order valence-electron chi connectivity index (χ3n) is 4.48. The second-order valence-corrected chi connectivity index (χ2v) is 8.36. The van der Waals surface area contributed by atoms with Crippen LogP contribution in [0.4, 0.5) is 5.69 Å². The minimum absolute atomic E-state index is 0.131. The maximum Gasteiger partial charge on any atom is 0.275 e. The molecule has 0 radical (unpaired) electrons. The van der Waals surface area contributed by atoms with Gasteiger partial charge in [-0.15, -0.1) is 11.8 Å². The number of nitrogens with one attached hydrogen (secondary N) is 1. The number of aromatic nitrogens is 2. The zero-order valence-corrected chi connectivity index (χ0v) is 17.4. The van der Waals surface area contributed by atoms with Crippen molar-refractivity contribution in [3.63, 3.8) is 0 Å². The van der Waals surface area contributed by atoms with Crippen molar-refractivity contribution in [3.05, 3.63) is 87.0 Å². The number of thioether (sulfide) groups is 1. The average Bonchev–Trinajstić information content (AvgIpc) is 3.25. The molecule has 2 aromatic carbocycles. The molecule has 29 heavy (non-hydrogen) atoms. The number of hydrogen-bond donors (Lipinski definition) is 1. The zero-order valence-electron chi connectivity index (χ0n) is 15.8. The molecule has 0 saturated carbocycles. The molecule has 2 heterocycles. The van der Waals surface area contributed by atoms with Crippen molar-refractivity contribution >= 4 is 45.5 Å². The van der Waals surface area contributed by atoms with Crippen LogP contribution in [0.3, 0.4) is 0 Å². The van der Waals surface area contributed by atoms with Gasteiger partial charge in [-0.25, -0.2) is 4.68 Å². The minimum atomic E-state index is -0.280. The van der Waals surface area contributed by atoms with Crippen molar-refractivity contribution in [1.29, 1.82) is 0 Å². The van der Waals surface area contributed by atoms with E-state index in [0.717, 1.165) is 27.4 Å². The standard InChI is InChI=1S/C22H19N3O2S2/c1-15-17-6-2-3-7-18(17)22(27)25(24-15)12-21(26)23-19-8-4-5-9-20(19)29-14-16-10-11-28-13-16/h2-11,13H,12,14H2,1H3,(H,23,26). The molecule has 0 spiro atoms. The Labute approximate surface area is 176 Å². The Morgan fingerprint density at radius 1 is 1.10 bits per heavy atom. The Kier molecular flexibility index (Phi) is 5.78. The van der Waals surface area contributed by atoms with E-state index >= 15 is 0 Å². The maximum absolute atomic E-state index is 12.7. The lowest BCUT2D eigenvalue weighted by Gasteiger charge is -2.12. The van der Waals surface area contributed by atoms with E-state index in [1.807, 2.05) is 49.4 Å². The van der Waals surface area contributed by atoms with Gasteiger partial charge in [0.1, 0.15) is 6.54 Å². The third kappa shape index (κ3) is 4.41. The fourth-order valence-electron chi connectivity index (χ4n) is 3.07. The number of carbonyl (C=O) groups is 1. The summed E-state index contributed by atoms with van der Waals surface area (Å²) in [5.41, 5.74) is 2.45. The summed E-state index contributed by atoms with van der Waals surface area (Å²) in [4.78, 5) is 26.3. The van der Waals surface area contributed by atoms with E-state index in [4.69, 9.17) is 0 Å². The Morgan fingerprint density at radius 2 is 1.86 bits per heavy atom. The largest absolute Gasteiger partial charge is 0.323 e. The van der Waals surface area contributed by atoms with Crippen LogP contribution in [0.2, 0.25) is 0 Å². The second-order valence-electron chi connectivity index (χ2n) is 6.56. The molecule has 0 bridgehead atoms. The lowest BCUT2D eigenvalue weighted by Crippen LogP contribution is -2.30. The highest BCUT2D eigenvalue weighted by Crippen LogP contribution is 2.30. The first-order valence-electron chi connectivity index (χ1n) is 9.11. The molecule has 0 atom stereocenters. The van der Waals surface area contributed by atoms with Crippen LogP contribution in [-0.2, 0) is 17.1 Å². The Morgan fingerprint density at radius 3 is 2.66 bits per heavy atom. The number of amides is 1. The first kappa shape index (κ1) is 19.4. The van der Waals surface area contributed by atoms with E-state index in [9.17, 15) is 9.59 Å². The monoisotopic (exact) mass is 421 g/mol. The summed E-state index contributed by atoms with van der Waals surface area (Å²) in [6.45, 7) is 1.71. The number of benzene rings is 2. The highest BCUT2D eigenvalue weighted by molar-refractivity contribution is 7.98. The molecule has 146 valence electrons. The van der Waals surface area contributed by atoms with Gasteiger partial charge in [0.15, 0.2) is 0 Å². The van der Waals surface area contributed by atoms with Crippen molar-refractivity contribution in [3.8, 4) is 0 Å². The van der Waals surface area contributed by atoms with Crippen LogP contribution in [0.1, 0.15) is 11.3 Å². The third-order valence-corrected chi connectivity index (χ3v) is 6.36. The number of nitrogens with zero attached hydrogens (tertiary/aromatic N) is 2. The van der Waals surface area contributed by atoms with Gasteiger partial charge in [-0.05, 0) is 47.5 Å². The molecule has 1 N–H and O–H groups in total. The van der Waals surface area contributed by atoms with Gasteiger partial charge in [-0.1, -0.05) is 30.3 Å². The highest BCUT2D eigenvalue weighted by Gasteiger charge is 2.12. The van der Waals surface area contributed by atoms with Gasteiger partial charge < -0.3 is 5.32 Å². The summed E-state index contributed by atoms with van der Waals surface area (Å²) >= 11 is 3.34. The Bertz CT molecular complexity index is 1220. The van der Waals surface area contributed by atoms with Crippen LogP contribution in [0.25, 0.3) is 10.8 Å². The zero-order chi connectivity index (χ0) is 20.2. The van der Waals surface area contributed by atoms with E-state index in [-0.39, 0.29) is 18.0 Å². The summed E-state index contributed by atoms with van der Waals surface area (Å²) in [7, 11) is 0. The summed E-state index contributed by atoms with van der Waals surface area (Å²) in [5, 5.41) is 12.8. The van der Waals surface area contributed by atoms with Gasteiger partial charge in [0.25, 0.3) is 5.56 Å². The minimum Gasteiger partial charge on any atom is -0.323 e. The smallest absolute Gasteiger partial charge is 0.275 e. The van der Waals surface area contributed by atoms with Crippen LogP contribution in [-0.4, -0.2) is 15.7 Å². The van der Waals surface area contributed by atoms with Crippen LogP contribution >= 0.6 is 23.1 Å². The van der Waals surface area contributed by atoms with Gasteiger partial charge in [0.2, 0.25) is 5.91 Å². The summed E-state index contributed by atoms with van der Waals surface area (Å²) < 4.78 is 1.23. The average molecular weight is 422 g/mol. The number of carbonyl (C=O) groups excluding carboxylic acids is 1. The van der Waals surface area contributed by atoms with E-state index in [0.29, 0.717) is 5.39 Å². The quantitative estimate of drug-likeness (QED) is 0.459. The molecule has 0 aliphatic carbocycles. The van der Waals surface area contributed by atoms with Crippen molar-refractivity contribution in [2.24, 2.45) is 0 Å². The van der Waals surface area contributed by atoms with Crippen molar-refractivity contribution in [2.45, 2.75) is 24.1 Å². The topological polar surface area (TPSA) is 64.0 Å². The van der Waals surface area contributed by atoms with Gasteiger partial charge in [-0.3, -0.25) is 9.59 Å². The fourth-order valence-corrected chi connectivity index (χ4v) is 4.79. The van der Waals surface area contributed by atoms with Gasteiger partial charge in [0.05, 0.1) is 16.8 Å². The van der Waals surface area contributed by atoms with E-state index in [1.165, 1.54) is 10.2 Å². The molecule has 0 saturated heterocycles. The SMILES string of the molecule is Cc1nn(CC(=O)Nc2ccccc2SCc2ccsc2)c(=O)c2ccccc12. The molecular weight excluding hydrogens is 402 g/mol. The summed E-state index contributed by atoms with van der Waals surface area (Å²) in [6, 6.07) is 17.1. The Balaban J connectivity index is 1.51. The number of fused-ring (bicyclic) bond motifs is 1. The molecule has 7 heteroatoms. The molecule has 0 unspecified atom stereocenters. The van der Waals surface area contributed by atoms with Crippen molar-refractivity contribution < 1.29 is 4.79 Å². The number of aryl methyl sites for hydroxylation is 1. The predicted octanol–water partition coefficient (Wildman–Crippen LogP) is 4.70. The molecule has 1 amide bonds. The van der Waals surface area contributed by atoms with Crippen molar-refractivity contribution in [2.75, 3.05) is 5.32 Å². The van der Waals surface area contributed by atoms with Crippen LogP contribution in [0.15, 0.2) is 75.0 Å². The first-order valence-corrected chi connectivity index (χ1v) is 11.0. The molecule has 0 aliphatic rings. The van der Waals surface area contributed by atoms with E-state index in [1.54, 1.807) is 29.2 Å². The number of hydrogen-bond acceptors (Lipinski definition) is 5. The lowest BCUT2D eigenvalue weighted by molar-refractivity contribution is -0.117. The molecule has 4 rings (SSSR count). The number of para-hydroxylation sites is 1. The van der Waals surface area contributed by atoms with E-state index < -0.39 is 0 Å². The molecule has 0 fully saturated rings. The van der Waals surface area contributed by atoms with Crippen LogP contribution < -0.4 is 10.9 Å². The van der Waals surface area contributed by atoms with Crippen LogP contribution in [0, 0.1) is 6.92 Å². The first-order chi connectivity index (χ1) is 14.1. The van der Waals surface area contributed by atoms with Gasteiger partial charge >= 0.3 is 0 Å². The normalized spacial score (nSPS) is 10.9. The summed E-state index contributed by atoms with van der Waals surface area (Å²) in [5.74, 6) is 0.555. The predicted molar refractivity (Wildman–Crippen MR) is 120 cm³/mol. The van der Waals surface area contributed by atoms with E-state index in [2.05, 4.69) is 27.2 Å². The number of rotatable bonds is 6. The summed E-state index contributed by atoms with van der Waals surface area (Å²) in [6.07, 6.45) is 0. The van der Waals surface area contributed by atoms with Crippen LogP contribution in [0.5, 0.6) is 0 Å². The number of anilines is 1. The maximum atomic E-state index is 12.7. The van der Waals surface area contributed by atoms with Gasteiger partial charge in [-0.2, -0.15) is 16.4 Å². The number of thiophene rings is 1. The molecule has 4 aromatic rings. The van der Waals surface area contributed by atoms with Gasteiger partial charge in [0, 0.05) is 16.0 Å². The molecule has 0 aliphatic heterocycles. The Hall–Kier alpha value is -2.90. The molecule has 5 nitrogen and oxygen atoms in total. The molecular formula is C22H19N3O2S2. The fraction of sp³-hybridized carbons (Fsp3) is 0.136. The second kappa shape index (κ2) is 8.63. The lowest BCUT2D eigenvalue weighted by atomic mass is 10.1.